The number of halogens is 3. The smallest absolute Gasteiger partial charge is 0.219 e. The molecule has 0 aliphatic carbocycles. The molecule has 2 rings (SSSR count). The average Bonchev–Trinajstić information content (AvgIpc) is 2.25. The summed E-state index contributed by atoms with van der Waals surface area (Å²) < 4.78 is 32.1. The molecular formula is C12H8BrF2NO. The van der Waals surface area contributed by atoms with E-state index in [1.165, 1.54) is 6.07 Å². The van der Waals surface area contributed by atoms with Crippen LogP contribution in [0.5, 0.6) is 11.6 Å². The third-order valence-corrected chi connectivity index (χ3v) is 2.49. The van der Waals surface area contributed by atoms with E-state index in [4.69, 9.17) is 4.74 Å². The molecule has 0 atom stereocenters. The molecule has 0 saturated heterocycles. The van der Waals surface area contributed by atoms with E-state index in [0.717, 1.165) is 11.8 Å². The number of hydrogen-bond acceptors (Lipinski definition) is 2. The molecule has 1 heterocycles. The summed E-state index contributed by atoms with van der Waals surface area (Å²) in [4.78, 5) is 4.04. The van der Waals surface area contributed by atoms with E-state index < -0.39 is 11.6 Å². The fourth-order valence-corrected chi connectivity index (χ4v) is 1.70. The molecule has 1 aromatic carbocycles. The number of hydrogen-bond donors (Lipinski definition) is 0. The monoisotopic (exact) mass is 299 g/mol. The largest absolute Gasteiger partial charge is 0.436 e. The van der Waals surface area contributed by atoms with Gasteiger partial charge < -0.3 is 4.74 Å². The minimum atomic E-state index is -1.03. The van der Waals surface area contributed by atoms with E-state index in [2.05, 4.69) is 20.9 Å². The number of ether oxygens (including phenoxy) is 1. The Balaban J connectivity index is 2.36. The van der Waals surface area contributed by atoms with Crippen LogP contribution in [0, 0.1) is 18.6 Å². The van der Waals surface area contributed by atoms with Crippen molar-refractivity contribution in [3.05, 3.63) is 52.1 Å². The van der Waals surface area contributed by atoms with Gasteiger partial charge in [0, 0.05) is 16.2 Å². The van der Waals surface area contributed by atoms with Crippen LogP contribution in [-0.4, -0.2) is 4.98 Å². The Morgan fingerprint density at radius 1 is 1.24 bits per heavy atom. The summed E-state index contributed by atoms with van der Waals surface area (Å²) in [6, 6.07) is 7.47. The van der Waals surface area contributed by atoms with Crippen molar-refractivity contribution in [1.82, 2.24) is 4.98 Å². The lowest BCUT2D eigenvalue weighted by Gasteiger charge is -2.07. The molecule has 0 amide bonds. The van der Waals surface area contributed by atoms with Gasteiger partial charge >= 0.3 is 0 Å². The molecule has 0 spiro atoms. The van der Waals surface area contributed by atoms with E-state index in [-0.39, 0.29) is 11.6 Å². The van der Waals surface area contributed by atoms with Gasteiger partial charge in [0.1, 0.15) is 0 Å². The number of pyridine rings is 1. The maximum absolute atomic E-state index is 13.4. The predicted octanol–water partition coefficient (Wildman–Crippen LogP) is 4.22. The van der Waals surface area contributed by atoms with Crippen molar-refractivity contribution in [2.24, 2.45) is 0 Å². The van der Waals surface area contributed by atoms with Gasteiger partial charge in [0.25, 0.3) is 0 Å². The highest BCUT2D eigenvalue weighted by molar-refractivity contribution is 9.10. The third-order valence-electron chi connectivity index (χ3n) is 2.04. The van der Waals surface area contributed by atoms with Gasteiger partial charge in [0.15, 0.2) is 11.6 Å². The number of aromatic nitrogens is 1. The zero-order valence-electron chi connectivity index (χ0n) is 8.88. The maximum Gasteiger partial charge on any atom is 0.219 e. The van der Waals surface area contributed by atoms with Crippen LogP contribution in [0.25, 0.3) is 0 Å². The summed E-state index contributed by atoms with van der Waals surface area (Å²) in [5.74, 6) is -1.98. The van der Waals surface area contributed by atoms with Crippen LogP contribution in [0.15, 0.2) is 34.8 Å². The summed E-state index contributed by atoms with van der Waals surface area (Å²) >= 11 is 3.07. The molecule has 2 aromatic rings. The fourth-order valence-electron chi connectivity index (χ4n) is 1.29. The first kappa shape index (κ1) is 12.0. The number of benzene rings is 1. The first-order valence-electron chi connectivity index (χ1n) is 4.82. The van der Waals surface area contributed by atoms with Crippen molar-refractivity contribution >= 4 is 15.9 Å². The van der Waals surface area contributed by atoms with E-state index in [9.17, 15) is 8.78 Å². The molecule has 0 radical (unpaired) electrons. The second-order valence-corrected chi connectivity index (χ2v) is 4.33. The summed E-state index contributed by atoms with van der Waals surface area (Å²) in [6.07, 6.45) is 0. The van der Waals surface area contributed by atoms with Crippen molar-refractivity contribution in [1.29, 1.82) is 0 Å². The Labute approximate surface area is 105 Å². The molecule has 0 bridgehead atoms. The summed E-state index contributed by atoms with van der Waals surface area (Å²) in [5, 5.41) is 0. The topological polar surface area (TPSA) is 22.1 Å². The Bertz CT molecular complexity index is 560. The van der Waals surface area contributed by atoms with Crippen molar-refractivity contribution in [3.63, 3.8) is 0 Å². The van der Waals surface area contributed by atoms with Gasteiger partial charge in [-0.1, -0.05) is 22.0 Å². The van der Waals surface area contributed by atoms with Crippen LogP contribution in [0.3, 0.4) is 0 Å². The van der Waals surface area contributed by atoms with Crippen LogP contribution in [0.4, 0.5) is 8.78 Å². The number of nitrogens with zero attached hydrogens (tertiary/aromatic N) is 1. The highest BCUT2D eigenvalue weighted by Crippen LogP contribution is 2.28. The summed E-state index contributed by atoms with van der Waals surface area (Å²) in [7, 11) is 0. The lowest BCUT2D eigenvalue weighted by molar-refractivity contribution is 0.404. The van der Waals surface area contributed by atoms with E-state index in [0.29, 0.717) is 4.47 Å². The Hall–Kier alpha value is -1.49. The second-order valence-electron chi connectivity index (χ2n) is 3.42. The highest BCUT2D eigenvalue weighted by atomic mass is 79.9. The number of rotatable bonds is 2. The van der Waals surface area contributed by atoms with Crippen molar-refractivity contribution in [2.75, 3.05) is 0 Å². The molecular weight excluding hydrogens is 292 g/mol. The van der Waals surface area contributed by atoms with Gasteiger partial charge in [-0.05, 0) is 25.1 Å². The lowest BCUT2D eigenvalue weighted by atomic mass is 10.3. The molecule has 88 valence electrons. The standard InChI is InChI=1S/C12H8BrF2NO/c1-7-3-2-4-11(16-7)17-10-6-8(13)5-9(14)12(10)15/h2-6H,1H3. The van der Waals surface area contributed by atoms with Crippen LogP contribution in [0.2, 0.25) is 0 Å². The molecule has 0 fully saturated rings. The normalized spacial score (nSPS) is 10.4. The SMILES string of the molecule is Cc1cccc(Oc2cc(Br)cc(F)c2F)n1. The fraction of sp³-hybridized carbons (Fsp3) is 0.0833. The van der Waals surface area contributed by atoms with Crippen LogP contribution >= 0.6 is 15.9 Å². The lowest BCUT2D eigenvalue weighted by Crippen LogP contribution is -1.94. The van der Waals surface area contributed by atoms with Crippen molar-refractivity contribution in [2.45, 2.75) is 6.92 Å². The predicted molar refractivity (Wildman–Crippen MR) is 63.1 cm³/mol. The third kappa shape index (κ3) is 2.79. The molecule has 1 aromatic heterocycles. The molecule has 0 aliphatic rings. The first-order chi connectivity index (χ1) is 8.06. The summed E-state index contributed by atoms with van der Waals surface area (Å²) in [6.45, 7) is 1.78. The average molecular weight is 300 g/mol. The first-order valence-corrected chi connectivity index (χ1v) is 5.61. The van der Waals surface area contributed by atoms with Gasteiger partial charge in [-0.15, -0.1) is 0 Å². The summed E-state index contributed by atoms with van der Waals surface area (Å²) in [5.41, 5.74) is 0.735. The Morgan fingerprint density at radius 2 is 2.00 bits per heavy atom. The van der Waals surface area contributed by atoms with E-state index in [1.54, 1.807) is 25.1 Å². The molecule has 5 heteroatoms. The molecule has 0 unspecified atom stereocenters. The molecule has 0 aliphatic heterocycles. The van der Waals surface area contributed by atoms with Gasteiger partial charge in [0.05, 0.1) is 0 Å². The molecule has 17 heavy (non-hydrogen) atoms. The van der Waals surface area contributed by atoms with Crippen molar-refractivity contribution in [3.8, 4) is 11.6 Å². The zero-order chi connectivity index (χ0) is 12.4. The Kier molecular flexibility index (Phi) is 3.38. The van der Waals surface area contributed by atoms with E-state index in [1.807, 2.05) is 0 Å². The highest BCUT2D eigenvalue weighted by Gasteiger charge is 2.12. The molecule has 0 saturated carbocycles. The minimum absolute atomic E-state index is 0.199. The number of aryl methyl sites for hydroxylation is 1. The maximum atomic E-state index is 13.4. The van der Waals surface area contributed by atoms with Gasteiger partial charge in [0.2, 0.25) is 11.7 Å². The Morgan fingerprint density at radius 3 is 2.71 bits per heavy atom. The van der Waals surface area contributed by atoms with Crippen LogP contribution < -0.4 is 4.74 Å². The zero-order valence-corrected chi connectivity index (χ0v) is 10.5. The molecule has 0 N–H and O–H groups in total. The second kappa shape index (κ2) is 4.79. The van der Waals surface area contributed by atoms with Gasteiger partial charge in [-0.2, -0.15) is 4.39 Å². The van der Waals surface area contributed by atoms with Crippen LogP contribution in [-0.2, 0) is 0 Å². The minimum Gasteiger partial charge on any atom is -0.436 e. The van der Waals surface area contributed by atoms with Crippen LogP contribution in [0.1, 0.15) is 5.69 Å². The van der Waals surface area contributed by atoms with Gasteiger partial charge in [-0.3, -0.25) is 0 Å². The van der Waals surface area contributed by atoms with Gasteiger partial charge in [-0.25, -0.2) is 9.37 Å². The van der Waals surface area contributed by atoms with E-state index >= 15 is 0 Å². The quantitative estimate of drug-likeness (QED) is 0.775. The molecule has 2 nitrogen and oxygen atoms in total. The van der Waals surface area contributed by atoms with Crippen molar-refractivity contribution < 1.29 is 13.5 Å².